The van der Waals surface area contributed by atoms with Crippen molar-refractivity contribution in [2.45, 2.75) is 12.5 Å². The number of amides is 1. The summed E-state index contributed by atoms with van der Waals surface area (Å²) in [5, 5.41) is 14.4. The zero-order valence-electron chi connectivity index (χ0n) is 17.9. The lowest BCUT2D eigenvalue weighted by molar-refractivity contribution is -0.139. The number of aliphatic carboxylic acids is 1. The van der Waals surface area contributed by atoms with Gasteiger partial charge in [-0.25, -0.2) is 9.59 Å². The number of benzene rings is 3. The third-order valence-corrected chi connectivity index (χ3v) is 9.25. The number of hydrogen-bond donors (Lipinski definition) is 2. The molecule has 0 spiro atoms. The van der Waals surface area contributed by atoms with E-state index in [1.54, 1.807) is 0 Å². The number of ether oxygens (including phenoxy) is 1. The predicted molar refractivity (Wildman–Crippen MR) is 126 cm³/mol. The lowest BCUT2D eigenvalue weighted by Gasteiger charge is -2.23. The maximum atomic E-state index is 12.3. The summed E-state index contributed by atoms with van der Waals surface area (Å²) in [6.45, 7) is 2.44. The summed E-state index contributed by atoms with van der Waals surface area (Å²) in [5.74, 6) is -1.09. The summed E-state index contributed by atoms with van der Waals surface area (Å²) in [6.07, 6.45) is 0.158. The Labute approximate surface area is 199 Å². The van der Waals surface area contributed by atoms with Crippen LogP contribution in [0.25, 0.3) is 0 Å². The Morgan fingerprint density at radius 1 is 0.875 bits per heavy atom. The molecule has 0 saturated heterocycles. The highest BCUT2D eigenvalue weighted by molar-refractivity contribution is 7.88. The quantitative estimate of drug-likeness (QED) is 0.411. The van der Waals surface area contributed by atoms with Crippen LogP contribution in [-0.2, 0) is 16.0 Å². The van der Waals surface area contributed by atoms with E-state index in [0.717, 1.165) is 5.56 Å². The highest BCUT2D eigenvalue weighted by Crippen LogP contribution is 2.52. The molecule has 0 unspecified atom stereocenters. The fourth-order valence-electron chi connectivity index (χ4n) is 3.48. The van der Waals surface area contributed by atoms with Gasteiger partial charge >= 0.3 is 12.1 Å². The number of hydrogen-bond acceptors (Lipinski definition) is 3. The number of carboxylic acids is 1. The van der Waals surface area contributed by atoms with Gasteiger partial charge in [-0.15, -0.1) is 0 Å². The van der Waals surface area contributed by atoms with Crippen molar-refractivity contribution in [2.75, 3.05) is 19.4 Å². The van der Waals surface area contributed by atoms with E-state index >= 15 is 0 Å². The highest BCUT2D eigenvalue weighted by atomic mass is 79.9. The Morgan fingerprint density at radius 3 is 1.81 bits per heavy atom. The molecule has 0 aliphatic heterocycles. The minimum absolute atomic E-state index is 0. The van der Waals surface area contributed by atoms with Gasteiger partial charge in [0.1, 0.15) is 18.8 Å². The highest BCUT2D eigenvalue weighted by Gasteiger charge is 2.37. The molecule has 3 aromatic rings. The topological polar surface area (TPSA) is 75.6 Å². The number of carbonyl (C=O) groups excluding carboxylic acids is 1. The lowest BCUT2D eigenvalue weighted by atomic mass is 10.1. The molecule has 0 bridgehead atoms. The molecule has 5 nitrogen and oxygen atoms in total. The first-order valence-corrected chi connectivity index (χ1v) is 12.6. The Bertz CT molecular complexity index is 947. The largest absolute Gasteiger partial charge is 1.00 e. The van der Waals surface area contributed by atoms with Crippen molar-refractivity contribution in [1.82, 2.24) is 5.32 Å². The first-order chi connectivity index (χ1) is 15.0. The van der Waals surface area contributed by atoms with E-state index in [-0.39, 0.29) is 30.0 Å². The van der Waals surface area contributed by atoms with E-state index in [0.29, 0.717) is 6.16 Å². The monoisotopic (exact) mass is 515 g/mol. The van der Waals surface area contributed by atoms with E-state index in [4.69, 9.17) is 4.74 Å². The molecule has 7 heteroatoms. The molecule has 0 radical (unpaired) electrons. The molecule has 0 fully saturated rings. The second-order valence-electron chi connectivity index (χ2n) is 7.45. The van der Waals surface area contributed by atoms with E-state index in [9.17, 15) is 14.7 Å². The number of rotatable bonds is 9. The molecule has 32 heavy (non-hydrogen) atoms. The van der Waals surface area contributed by atoms with Crippen LogP contribution >= 0.6 is 7.26 Å². The molecule has 3 aromatic carbocycles. The second kappa shape index (κ2) is 12.4. The Kier molecular flexibility index (Phi) is 9.89. The molecule has 1 atom stereocenters. The molecule has 0 saturated carbocycles. The lowest BCUT2D eigenvalue weighted by Crippen LogP contribution is -3.00. The van der Waals surface area contributed by atoms with Gasteiger partial charge in [0.05, 0.1) is 24.5 Å². The second-order valence-corrected chi connectivity index (χ2v) is 11.3. The van der Waals surface area contributed by atoms with Gasteiger partial charge in [0.2, 0.25) is 0 Å². The van der Waals surface area contributed by atoms with Crippen molar-refractivity contribution in [3.63, 3.8) is 0 Å². The van der Waals surface area contributed by atoms with Crippen LogP contribution in [0.3, 0.4) is 0 Å². The zero-order valence-corrected chi connectivity index (χ0v) is 20.3. The van der Waals surface area contributed by atoms with Crippen LogP contribution in [0.4, 0.5) is 4.79 Å². The van der Waals surface area contributed by atoms with Crippen molar-refractivity contribution in [3.8, 4) is 0 Å². The fourth-order valence-corrected chi connectivity index (χ4v) is 6.41. The van der Waals surface area contributed by atoms with Crippen LogP contribution in [0.2, 0.25) is 0 Å². The molecule has 168 valence electrons. The summed E-state index contributed by atoms with van der Waals surface area (Å²) in [6, 6.07) is 28.7. The number of alkyl carbamates (subject to hydrolysis) is 1. The number of carbonyl (C=O) groups is 2. The minimum Gasteiger partial charge on any atom is -1.00 e. The summed E-state index contributed by atoms with van der Waals surface area (Å²) in [4.78, 5) is 23.9. The molecule has 1 amide bonds. The Morgan fingerprint density at radius 2 is 1.34 bits per heavy atom. The van der Waals surface area contributed by atoms with Gasteiger partial charge in [-0.2, -0.15) is 0 Å². The van der Waals surface area contributed by atoms with Gasteiger partial charge < -0.3 is 32.1 Å². The minimum atomic E-state index is -1.76. The van der Waals surface area contributed by atoms with Gasteiger partial charge in [0, 0.05) is 6.42 Å². The van der Waals surface area contributed by atoms with E-state index in [2.05, 4.69) is 36.2 Å². The maximum absolute atomic E-state index is 12.3. The van der Waals surface area contributed by atoms with Gasteiger partial charge in [-0.1, -0.05) is 66.7 Å². The van der Waals surface area contributed by atoms with Crippen LogP contribution in [0.5, 0.6) is 0 Å². The van der Waals surface area contributed by atoms with Gasteiger partial charge in [-0.05, 0) is 29.8 Å². The first kappa shape index (κ1) is 25.6. The molecule has 0 aliphatic rings. The zero-order chi connectivity index (χ0) is 22.1. The molecular formula is C25H27BrNO4P. The number of carboxylic acid groups (broad SMARTS) is 1. The Hall–Kier alpha value is -2.69. The molecule has 0 aliphatic carbocycles. The average molecular weight is 516 g/mol. The molecule has 2 N–H and O–H groups in total. The first-order valence-electron chi connectivity index (χ1n) is 10.2. The Balaban J connectivity index is 0.00000363. The molecule has 3 rings (SSSR count). The SMILES string of the molecule is C[P+](CCOC(=O)N[C@@H](Cc1ccccc1)C(=O)O)(c1ccccc1)c1ccccc1.[Br-]. The van der Waals surface area contributed by atoms with Crippen molar-refractivity contribution in [3.05, 3.63) is 96.6 Å². The van der Waals surface area contributed by atoms with Gasteiger partial charge in [0.15, 0.2) is 0 Å². The third kappa shape index (κ3) is 6.91. The molecule has 0 heterocycles. The third-order valence-electron chi connectivity index (χ3n) is 5.30. The van der Waals surface area contributed by atoms with Crippen LogP contribution < -0.4 is 32.9 Å². The fraction of sp³-hybridized carbons (Fsp3) is 0.200. The van der Waals surface area contributed by atoms with Crippen LogP contribution in [0, 0.1) is 0 Å². The molecule has 0 aromatic heterocycles. The van der Waals surface area contributed by atoms with E-state index in [1.165, 1.54) is 10.6 Å². The number of nitrogens with one attached hydrogen (secondary N) is 1. The summed E-state index contributed by atoms with van der Waals surface area (Å²) in [7, 11) is -1.76. The van der Waals surface area contributed by atoms with Gasteiger partial charge in [0.25, 0.3) is 0 Å². The van der Waals surface area contributed by atoms with Gasteiger partial charge in [-0.3, -0.25) is 0 Å². The van der Waals surface area contributed by atoms with Crippen LogP contribution in [0.15, 0.2) is 91.0 Å². The number of halogens is 1. The average Bonchev–Trinajstić information content (AvgIpc) is 2.80. The summed E-state index contributed by atoms with van der Waals surface area (Å²) in [5.41, 5.74) is 0.835. The molecular weight excluding hydrogens is 489 g/mol. The van der Waals surface area contributed by atoms with Crippen LogP contribution in [-0.4, -0.2) is 42.6 Å². The smallest absolute Gasteiger partial charge is 0.407 e. The van der Waals surface area contributed by atoms with E-state index < -0.39 is 25.4 Å². The normalized spacial score (nSPS) is 11.7. The maximum Gasteiger partial charge on any atom is 0.407 e. The van der Waals surface area contributed by atoms with Crippen molar-refractivity contribution < 1.29 is 36.4 Å². The summed E-state index contributed by atoms with van der Waals surface area (Å²) < 4.78 is 5.41. The van der Waals surface area contributed by atoms with Crippen molar-refractivity contribution in [2.24, 2.45) is 0 Å². The van der Waals surface area contributed by atoms with Crippen molar-refractivity contribution >= 4 is 29.9 Å². The van der Waals surface area contributed by atoms with E-state index in [1.807, 2.05) is 66.7 Å². The van der Waals surface area contributed by atoms with Crippen molar-refractivity contribution in [1.29, 1.82) is 0 Å². The van der Waals surface area contributed by atoms with Crippen LogP contribution in [0.1, 0.15) is 5.56 Å². The standard InChI is InChI=1S/C25H26NO4P.BrH/c1-31(21-13-7-3-8-14-21,22-15-9-4-10-16-22)18-17-30-25(29)26-23(24(27)28)19-20-11-5-2-6-12-20;/h2-16,23H,17-19H2,1H3,(H-,26,27,28,29);1H/t23-;/m0./s1. The predicted octanol–water partition coefficient (Wildman–Crippen LogP) is 0.711. The summed E-state index contributed by atoms with van der Waals surface area (Å²) >= 11 is 0.